The van der Waals surface area contributed by atoms with E-state index < -0.39 is 15.1 Å². The average molecular weight is 522 g/mol. The summed E-state index contributed by atoms with van der Waals surface area (Å²) in [5, 5.41) is 20.1. The van der Waals surface area contributed by atoms with E-state index in [2.05, 4.69) is 37.0 Å². The van der Waals surface area contributed by atoms with Crippen molar-refractivity contribution in [2.24, 2.45) is 4.99 Å². The molecule has 1 saturated heterocycles. The molecule has 0 bridgehead atoms. The molecule has 0 spiro atoms. The van der Waals surface area contributed by atoms with Gasteiger partial charge in [0, 0.05) is 25.7 Å². The number of sulfonamides is 1. The summed E-state index contributed by atoms with van der Waals surface area (Å²) >= 11 is 0. The third-order valence-electron chi connectivity index (χ3n) is 5.95. The number of aromatic amines is 1. The van der Waals surface area contributed by atoms with Crippen LogP contribution in [-0.2, 0) is 27.8 Å². The quantitative estimate of drug-likeness (QED) is 0.202. The third kappa shape index (κ3) is 5.94. The smallest absolute Gasteiger partial charge is 0.294 e. The molecule has 196 valence electrons. The first-order valence-corrected chi connectivity index (χ1v) is 13.5. The molecule has 1 aromatic heterocycles. The summed E-state index contributed by atoms with van der Waals surface area (Å²) < 4.78 is 34.8. The number of aliphatic imine (C=N–C) groups is 1. The molecule has 0 unspecified atom stereocenters. The molecule has 4 rings (SSSR count). The Morgan fingerprint density at radius 3 is 2.83 bits per heavy atom. The van der Waals surface area contributed by atoms with Gasteiger partial charge in [-0.3, -0.25) is 10.1 Å². The molecule has 3 heterocycles. The van der Waals surface area contributed by atoms with Gasteiger partial charge >= 0.3 is 0 Å². The van der Waals surface area contributed by atoms with Crippen molar-refractivity contribution in [3.05, 3.63) is 45.3 Å². The van der Waals surface area contributed by atoms with E-state index in [9.17, 15) is 18.5 Å². The zero-order chi connectivity index (χ0) is 25.7. The number of ether oxygens (including phenoxy) is 1. The van der Waals surface area contributed by atoms with Crippen LogP contribution in [-0.4, -0.2) is 73.3 Å². The highest BCUT2D eigenvalue weighted by Gasteiger charge is 2.31. The molecule has 36 heavy (non-hydrogen) atoms. The molecule has 2 aliphatic rings. The van der Waals surface area contributed by atoms with Crippen molar-refractivity contribution < 1.29 is 23.1 Å². The summed E-state index contributed by atoms with van der Waals surface area (Å²) in [4.78, 5) is 21.2. The number of hydrogen-bond donors (Lipinski definition) is 3. The van der Waals surface area contributed by atoms with Crippen molar-refractivity contribution in [1.29, 1.82) is 0 Å². The Balaban J connectivity index is 1.45. The van der Waals surface area contributed by atoms with Gasteiger partial charge in [-0.15, -0.1) is 10.1 Å². The molecule has 0 radical (unpaired) electrons. The maximum atomic E-state index is 13.1. The molecule has 1 fully saturated rings. The first-order valence-electron chi connectivity index (χ1n) is 12.0. The van der Waals surface area contributed by atoms with Gasteiger partial charge in [-0.2, -0.15) is 5.10 Å². The number of benzene rings is 1. The van der Waals surface area contributed by atoms with Crippen LogP contribution in [0, 0.1) is 10.1 Å². The molecule has 0 saturated carbocycles. The number of fused-ring (bicyclic) bond motifs is 1. The van der Waals surface area contributed by atoms with Crippen LogP contribution in [0.5, 0.6) is 5.75 Å². The van der Waals surface area contributed by atoms with Crippen LogP contribution in [0.3, 0.4) is 0 Å². The Morgan fingerprint density at radius 1 is 1.31 bits per heavy atom. The van der Waals surface area contributed by atoms with E-state index in [-0.39, 0.29) is 17.5 Å². The molecule has 0 amide bonds. The molecule has 13 nitrogen and oxygen atoms in total. The number of rotatable bonds is 13. The van der Waals surface area contributed by atoms with Gasteiger partial charge in [-0.25, -0.2) is 13.1 Å². The first kappa shape index (κ1) is 25.9. The third-order valence-corrected chi connectivity index (χ3v) is 7.47. The molecule has 0 atom stereocenters. The van der Waals surface area contributed by atoms with Gasteiger partial charge in [-0.05, 0) is 38.0 Å². The highest BCUT2D eigenvalue weighted by Crippen LogP contribution is 2.30. The van der Waals surface area contributed by atoms with Gasteiger partial charge < -0.3 is 19.8 Å². The molecule has 2 aromatic rings. The molecule has 14 heteroatoms. The predicted molar refractivity (Wildman–Crippen MR) is 132 cm³/mol. The summed E-state index contributed by atoms with van der Waals surface area (Å²) in [5.74, 6) is 1.08. The molecule has 3 N–H and O–H groups in total. The van der Waals surface area contributed by atoms with E-state index in [4.69, 9.17) is 4.74 Å². The second kappa shape index (κ2) is 11.2. The fraction of sp³-hybridized carbons (Fsp3) is 0.545. The summed E-state index contributed by atoms with van der Waals surface area (Å²) in [6.07, 6.45) is 2.25. The number of H-pyrrole nitrogens is 1. The zero-order valence-corrected chi connectivity index (χ0v) is 21.1. The lowest BCUT2D eigenvalue weighted by Gasteiger charge is -2.39. The Labute approximate surface area is 209 Å². The van der Waals surface area contributed by atoms with E-state index in [1.54, 1.807) is 12.1 Å². The monoisotopic (exact) mass is 521 g/mol. The predicted octanol–water partition coefficient (Wildman–Crippen LogP) is 1.69. The highest BCUT2D eigenvalue weighted by molar-refractivity contribution is 7.89. The first-order chi connectivity index (χ1) is 17.3. The van der Waals surface area contributed by atoms with Gasteiger partial charge in [0.25, 0.3) is 5.09 Å². The Morgan fingerprint density at radius 2 is 2.11 bits per heavy atom. The number of aromatic nitrogens is 2. The molecular weight excluding hydrogens is 490 g/mol. The fourth-order valence-corrected chi connectivity index (χ4v) is 5.50. The zero-order valence-electron chi connectivity index (χ0n) is 20.3. The van der Waals surface area contributed by atoms with Crippen LogP contribution in [0.4, 0.5) is 5.69 Å². The summed E-state index contributed by atoms with van der Waals surface area (Å²) in [6, 6.07) is 4.52. The van der Waals surface area contributed by atoms with Gasteiger partial charge in [-0.1, -0.05) is 13.3 Å². The van der Waals surface area contributed by atoms with Crippen LogP contribution in [0.2, 0.25) is 0 Å². The minimum Gasteiger partial charge on any atom is -0.493 e. The van der Waals surface area contributed by atoms with Crippen LogP contribution in [0.25, 0.3) is 0 Å². The molecule has 1 aromatic carbocycles. The molecule has 0 aliphatic carbocycles. The Hall–Kier alpha value is -3.23. The van der Waals surface area contributed by atoms with Crippen molar-refractivity contribution >= 4 is 21.5 Å². The number of amidine groups is 1. The SMILES string of the molecule is CCCc1n[nH]c2c1NC(c1cc(S(=O)(=O)NC3CN(CCCO[N+](=O)[O-])C3)ccc1OCC)=NC2. The van der Waals surface area contributed by atoms with E-state index >= 15 is 0 Å². The van der Waals surface area contributed by atoms with E-state index in [1.165, 1.54) is 6.07 Å². The van der Waals surface area contributed by atoms with E-state index in [0.29, 0.717) is 56.4 Å². The van der Waals surface area contributed by atoms with E-state index in [0.717, 1.165) is 29.9 Å². The lowest BCUT2D eigenvalue weighted by molar-refractivity contribution is -0.757. The fourth-order valence-electron chi connectivity index (χ4n) is 4.25. The maximum absolute atomic E-state index is 13.1. The number of aryl methyl sites for hydroxylation is 1. The number of hydrogen-bond acceptors (Lipinski definition) is 10. The Bertz CT molecular complexity index is 1220. The van der Waals surface area contributed by atoms with Crippen molar-refractivity contribution in [2.75, 3.05) is 38.2 Å². The number of anilines is 1. The van der Waals surface area contributed by atoms with Crippen LogP contribution >= 0.6 is 0 Å². The highest BCUT2D eigenvalue weighted by atomic mass is 32.2. The minimum absolute atomic E-state index is 0.0209. The largest absolute Gasteiger partial charge is 0.493 e. The lowest BCUT2D eigenvalue weighted by Crippen LogP contribution is -2.59. The van der Waals surface area contributed by atoms with Crippen LogP contribution in [0.1, 0.15) is 43.6 Å². The lowest BCUT2D eigenvalue weighted by atomic mass is 10.1. The number of nitrogens with one attached hydrogen (secondary N) is 3. The maximum Gasteiger partial charge on any atom is 0.294 e. The van der Waals surface area contributed by atoms with Gasteiger partial charge in [0.2, 0.25) is 10.0 Å². The second-order valence-corrected chi connectivity index (χ2v) is 10.4. The number of likely N-dealkylation sites (tertiary alicyclic amines) is 1. The Kier molecular flexibility index (Phi) is 8.06. The summed E-state index contributed by atoms with van der Waals surface area (Å²) in [6.45, 7) is 6.45. The van der Waals surface area contributed by atoms with Crippen molar-refractivity contribution in [2.45, 2.75) is 50.6 Å². The standard InChI is InChI=1S/C22H31N7O6S/c1-3-6-18-21-19(26-25-18)12-23-22(24-21)17-11-16(7-8-20(17)34-4-2)36(32,33)27-15-13-28(14-15)9-5-10-35-29(30)31/h7-8,11,15,27H,3-6,9-10,12-14H2,1-2H3,(H,23,24)(H,25,26). The minimum atomic E-state index is -3.79. The summed E-state index contributed by atoms with van der Waals surface area (Å²) in [5.41, 5.74) is 3.26. The summed E-state index contributed by atoms with van der Waals surface area (Å²) in [7, 11) is -3.79. The van der Waals surface area contributed by atoms with Crippen molar-refractivity contribution in [1.82, 2.24) is 19.8 Å². The van der Waals surface area contributed by atoms with Crippen molar-refractivity contribution in [3.63, 3.8) is 0 Å². The topological polar surface area (TPSA) is 164 Å². The second-order valence-electron chi connectivity index (χ2n) is 8.64. The van der Waals surface area contributed by atoms with Crippen molar-refractivity contribution in [3.8, 4) is 5.75 Å². The van der Waals surface area contributed by atoms with Gasteiger partial charge in [0.15, 0.2) is 0 Å². The molecule has 2 aliphatic heterocycles. The van der Waals surface area contributed by atoms with Gasteiger partial charge in [0.05, 0.1) is 47.3 Å². The molecular formula is C22H31N7O6S. The number of nitrogens with zero attached hydrogens (tertiary/aromatic N) is 4. The van der Waals surface area contributed by atoms with E-state index in [1.807, 2.05) is 11.8 Å². The van der Waals surface area contributed by atoms with Crippen LogP contribution in [0.15, 0.2) is 28.1 Å². The van der Waals surface area contributed by atoms with Gasteiger partial charge in [0.1, 0.15) is 11.6 Å². The normalized spacial score (nSPS) is 16.0. The average Bonchev–Trinajstić information content (AvgIpc) is 3.22. The van der Waals surface area contributed by atoms with Crippen LogP contribution < -0.4 is 14.8 Å².